The number of aliphatic hydroxyl groups is 3. The van der Waals surface area contributed by atoms with Gasteiger partial charge in [0, 0.05) is 47.3 Å². The minimum absolute atomic E-state index is 0.00753. The number of aromatic nitrogens is 3. The molecule has 5 rings (SSSR count). The molecular weight excluding hydrogens is 752 g/mol. The summed E-state index contributed by atoms with van der Waals surface area (Å²) in [4.78, 5) is 29.5. The van der Waals surface area contributed by atoms with Gasteiger partial charge in [0.25, 0.3) is 5.91 Å². The van der Waals surface area contributed by atoms with Gasteiger partial charge in [0.15, 0.2) is 6.10 Å². The van der Waals surface area contributed by atoms with Gasteiger partial charge in [-0.1, -0.05) is 48.7 Å². The fraction of sp³-hybridized carbons (Fsp3) is 0.429. The molecule has 2 amide bonds. The molecule has 2 aliphatic heterocycles. The molecule has 3 heterocycles. The van der Waals surface area contributed by atoms with Gasteiger partial charge in [-0.3, -0.25) is 9.59 Å². The van der Waals surface area contributed by atoms with Crippen LogP contribution in [0.4, 0.5) is 14.5 Å². The highest BCUT2D eigenvalue weighted by Gasteiger charge is 2.52. The molecule has 17 heteroatoms. The first-order chi connectivity index (χ1) is 21.3. The van der Waals surface area contributed by atoms with Crippen molar-refractivity contribution in [3.63, 3.8) is 0 Å². The molecule has 2 saturated heterocycles. The number of β-amino-alcohol motifs (C(OH)–C–C–N with tert-alkyl or cyclic N) is 1. The molecule has 0 aliphatic carbocycles. The minimum Gasteiger partial charge on any atom is -0.394 e. The molecule has 0 spiro atoms. The summed E-state index contributed by atoms with van der Waals surface area (Å²) in [6.07, 6.45) is -5.31. The zero-order chi connectivity index (χ0) is 32.7. The number of anilines is 1. The lowest BCUT2D eigenvalue weighted by Gasteiger charge is -2.45. The van der Waals surface area contributed by atoms with E-state index < -0.39 is 71.8 Å². The number of carbonyl (C=O) groups is 2. The highest BCUT2D eigenvalue weighted by Crippen LogP contribution is 2.37. The number of aliphatic hydroxyl groups excluding tert-OH is 3. The van der Waals surface area contributed by atoms with Crippen molar-refractivity contribution in [2.75, 3.05) is 31.7 Å². The van der Waals surface area contributed by atoms with Crippen LogP contribution in [0.3, 0.4) is 0 Å². The van der Waals surface area contributed by atoms with Crippen LogP contribution >= 0.6 is 43.5 Å². The van der Waals surface area contributed by atoms with Crippen LogP contribution in [-0.2, 0) is 19.1 Å². The van der Waals surface area contributed by atoms with Gasteiger partial charge in [-0.2, -0.15) is 0 Å². The smallest absolute Gasteiger partial charge is 0.259 e. The predicted molar refractivity (Wildman–Crippen MR) is 163 cm³/mol. The van der Waals surface area contributed by atoms with Crippen LogP contribution in [-0.4, -0.2) is 110 Å². The molecule has 0 bridgehead atoms. The standard InChI is InChI=1S/C28H28Br2ClF2N5O7/c1-12(40)36-9-20(21(41)10-36)38(16-6-14(29)5-15(30)7-16)28(43)27-26(44-2)24(25(42)22(11-39)45-27)37-8-19(34-35-37)13-3-17(32)23(31)18(33)4-13/h3-8,20-22,24-27,39,41-42H,9-11H2,1-2H3/t20-,21-,22-,24+,25+,26-,27-/m1/s1. The van der Waals surface area contributed by atoms with Crippen LogP contribution in [0.2, 0.25) is 5.02 Å². The lowest BCUT2D eigenvalue weighted by molar-refractivity contribution is -0.211. The Morgan fingerprint density at radius 2 is 1.78 bits per heavy atom. The molecule has 1 aromatic heterocycles. The molecule has 45 heavy (non-hydrogen) atoms. The first-order valence-electron chi connectivity index (χ1n) is 13.6. The number of halogens is 5. The third-order valence-electron chi connectivity index (χ3n) is 7.88. The van der Waals surface area contributed by atoms with Gasteiger partial charge < -0.3 is 34.6 Å². The van der Waals surface area contributed by atoms with Crippen molar-refractivity contribution in [2.24, 2.45) is 0 Å². The van der Waals surface area contributed by atoms with Crippen molar-refractivity contribution in [3.05, 3.63) is 62.1 Å². The summed E-state index contributed by atoms with van der Waals surface area (Å²) >= 11 is 12.5. The maximum absolute atomic E-state index is 14.5. The molecule has 0 unspecified atom stereocenters. The second-order valence-corrected chi connectivity index (χ2v) is 12.9. The van der Waals surface area contributed by atoms with E-state index in [9.17, 15) is 33.7 Å². The number of methoxy groups -OCH3 is 1. The second-order valence-electron chi connectivity index (χ2n) is 10.7. The predicted octanol–water partition coefficient (Wildman–Crippen LogP) is 2.70. The third-order valence-corrected chi connectivity index (χ3v) is 9.15. The molecule has 0 radical (unpaired) electrons. The molecule has 2 aliphatic rings. The first-order valence-corrected chi connectivity index (χ1v) is 15.6. The Kier molecular flexibility index (Phi) is 10.2. The summed E-state index contributed by atoms with van der Waals surface area (Å²) < 4.78 is 42.4. The number of hydrogen-bond acceptors (Lipinski definition) is 9. The number of hydrogen-bond donors (Lipinski definition) is 3. The maximum atomic E-state index is 14.5. The van der Waals surface area contributed by atoms with E-state index in [4.69, 9.17) is 21.1 Å². The summed E-state index contributed by atoms with van der Waals surface area (Å²) in [6.45, 7) is 0.679. The Labute approximate surface area is 277 Å². The van der Waals surface area contributed by atoms with Crippen LogP contribution in [0.25, 0.3) is 11.3 Å². The van der Waals surface area contributed by atoms with Gasteiger partial charge in [-0.25, -0.2) is 13.5 Å². The van der Waals surface area contributed by atoms with E-state index in [2.05, 4.69) is 42.2 Å². The van der Waals surface area contributed by atoms with Crippen LogP contribution in [0.5, 0.6) is 0 Å². The number of ether oxygens (including phenoxy) is 2. The normalized spacial score (nSPS) is 26.7. The quantitative estimate of drug-likeness (QED) is 0.308. The third kappa shape index (κ3) is 6.65. The Balaban J connectivity index is 1.56. The maximum Gasteiger partial charge on any atom is 0.259 e. The zero-order valence-corrected chi connectivity index (χ0v) is 27.7. The number of rotatable bonds is 7. The summed E-state index contributed by atoms with van der Waals surface area (Å²) in [5.41, 5.74) is 0.395. The van der Waals surface area contributed by atoms with Gasteiger partial charge in [0.05, 0.1) is 24.9 Å². The molecule has 3 aromatic rings. The monoisotopic (exact) mass is 777 g/mol. The fourth-order valence-corrected chi connectivity index (χ4v) is 7.07. The fourth-order valence-electron chi connectivity index (χ4n) is 5.70. The second kappa shape index (κ2) is 13.7. The average molecular weight is 780 g/mol. The average Bonchev–Trinajstić information content (AvgIpc) is 3.62. The zero-order valence-electron chi connectivity index (χ0n) is 23.7. The van der Waals surface area contributed by atoms with Crippen molar-refractivity contribution >= 4 is 61.0 Å². The van der Waals surface area contributed by atoms with Gasteiger partial charge in [0.2, 0.25) is 5.91 Å². The topological polar surface area (TPSA) is 150 Å². The van der Waals surface area contributed by atoms with E-state index in [0.717, 1.165) is 12.1 Å². The van der Waals surface area contributed by atoms with Crippen LogP contribution < -0.4 is 4.90 Å². The summed E-state index contributed by atoms with van der Waals surface area (Å²) in [7, 11) is 1.29. The number of amides is 2. The molecule has 0 saturated carbocycles. The first kappa shape index (κ1) is 33.8. The molecular formula is C28H28Br2ClF2N5O7. The van der Waals surface area contributed by atoms with Crippen molar-refractivity contribution in [1.82, 2.24) is 19.9 Å². The lowest BCUT2D eigenvalue weighted by atomic mass is 9.91. The number of nitrogens with zero attached hydrogens (tertiary/aromatic N) is 5. The van der Waals surface area contributed by atoms with E-state index in [1.54, 1.807) is 18.2 Å². The largest absolute Gasteiger partial charge is 0.394 e. The summed E-state index contributed by atoms with van der Waals surface area (Å²) in [5, 5.41) is 39.8. The van der Waals surface area contributed by atoms with Crippen LogP contribution in [0, 0.1) is 11.6 Å². The number of benzene rings is 2. The van der Waals surface area contributed by atoms with Crippen molar-refractivity contribution in [3.8, 4) is 11.3 Å². The van der Waals surface area contributed by atoms with Gasteiger partial charge in [0.1, 0.15) is 46.7 Å². The molecule has 12 nitrogen and oxygen atoms in total. The summed E-state index contributed by atoms with van der Waals surface area (Å²) in [6, 6.07) is 4.93. The van der Waals surface area contributed by atoms with Gasteiger partial charge >= 0.3 is 0 Å². The SMILES string of the molecule is CO[C@@H]1[C@@H](n2cc(-c3cc(F)c(Cl)c(F)c3)nn2)[C@@H](O)[C@@H](CO)O[C@H]1C(=O)N(c1cc(Br)cc(Br)c1)[C@@H]1CN(C(C)=O)C[C@H]1O. The van der Waals surface area contributed by atoms with Crippen molar-refractivity contribution < 1.29 is 43.2 Å². The number of carbonyl (C=O) groups excluding carboxylic acids is 2. The molecule has 2 aromatic carbocycles. The highest BCUT2D eigenvalue weighted by molar-refractivity contribution is 9.11. The van der Waals surface area contributed by atoms with Crippen molar-refractivity contribution in [1.29, 1.82) is 0 Å². The van der Waals surface area contributed by atoms with Crippen LogP contribution in [0.1, 0.15) is 13.0 Å². The number of likely N-dealkylation sites (tertiary alicyclic amines) is 1. The molecule has 242 valence electrons. The highest BCUT2D eigenvalue weighted by atomic mass is 79.9. The van der Waals surface area contributed by atoms with Crippen molar-refractivity contribution in [2.45, 2.75) is 49.5 Å². The Hall–Kier alpha value is -2.57. The Morgan fingerprint density at radius 1 is 1.13 bits per heavy atom. The molecule has 3 N–H and O–H groups in total. The summed E-state index contributed by atoms with van der Waals surface area (Å²) in [5.74, 6) is -3.00. The van der Waals surface area contributed by atoms with E-state index in [1.807, 2.05) is 0 Å². The Morgan fingerprint density at radius 3 is 2.33 bits per heavy atom. The van der Waals surface area contributed by atoms with E-state index in [0.29, 0.717) is 14.6 Å². The minimum atomic E-state index is -1.48. The lowest BCUT2D eigenvalue weighted by Crippen LogP contribution is -2.63. The van der Waals surface area contributed by atoms with Gasteiger partial charge in [-0.05, 0) is 30.3 Å². The van der Waals surface area contributed by atoms with E-state index in [1.165, 1.54) is 34.7 Å². The molecule has 7 atom stereocenters. The van der Waals surface area contributed by atoms with Crippen LogP contribution in [0.15, 0.2) is 45.5 Å². The van der Waals surface area contributed by atoms with E-state index >= 15 is 0 Å². The Bertz CT molecular complexity index is 1560. The van der Waals surface area contributed by atoms with Gasteiger partial charge in [-0.15, -0.1) is 5.10 Å². The molecule has 2 fully saturated rings. The van der Waals surface area contributed by atoms with E-state index in [-0.39, 0.29) is 30.3 Å².